The fraction of sp³-hybridized carbons (Fsp3) is 0.400. The normalized spacial score (nSPS) is 11.2. The van der Waals surface area contributed by atoms with E-state index in [-0.39, 0.29) is 11.4 Å². The van der Waals surface area contributed by atoms with E-state index in [1.165, 1.54) is 12.1 Å². The Hall–Kier alpha value is -3.34. The number of nitrogens with zero attached hydrogens (tertiary/aromatic N) is 3. The first kappa shape index (κ1) is 21.0. The summed E-state index contributed by atoms with van der Waals surface area (Å²) in [4.78, 5) is 24.0. The number of amides is 1. The van der Waals surface area contributed by atoms with Crippen LogP contribution in [-0.2, 0) is 20.9 Å². The zero-order valence-electron chi connectivity index (χ0n) is 16.5. The van der Waals surface area contributed by atoms with Gasteiger partial charge in [0, 0.05) is 24.0 Å². The van der Waals surface area contributed by atoms with Gasteiger partial charge in [0.25, 0.3) is 5.91 Å². The quantitative estimate of drug-likeness (QED) is 0.425. The van der Waals surface area contributed by atoms with Gasteiger partial charge in [-0.1, -0.05) is 18.5 Å². The molecule has 0 spiro atoms. The monoisotopic (exact) mass is 384 g/mol. The summed E-state index contributed by atoms with van der Waals surface area (Å²) in [5.74, 6) is -0.656. The first-order valence-electron chi connectivity index (χ1n) is 9.04. The molecular weight excluding hydrogens is 360 g/mol. The van der Waals surface area contributed by atoms with Crippen LogP contribution < -0.4 is 5.32 Å². The molecule has 0 radical (unpaired) electrons. The number of nitrogens with one attached hydrogen (secondary N) is 1. The summed E-state index contributed by atoms with van der Waals surface area (Å²) in [6.45, 7) is 8.10. The van der Waals surface area contributed by atoms with Crippen molar-refractivity contribution in [2.24, 2.45) is 0 Å². The van der Waals surface area contributed by atoms with Gasteiger partial charge in [0.1, 0.15) is 17.4 Å². The minimum Gasteiger partial charge on any atom is -0.451 e. The van der Waals surface area contributed by atoms with Crippen molar-refractivity contribution in [3.63, 3.8) is 0 Å². The second kappa shape index (κ2) is 9.55. The molecule has 0 atom stereocenters. The van der Waals surface area contributed by atoms with E-state index in [9.17, 15) is 14.9 Å². The Labute approximate surface area is 163 Å². The molecular formula is C20H24N4O4. The van der Waals surface area contributed by atoms with Crippen molar-refractivity contribution in [2.75, 3.05) is 11.9 Å². The summed E-state index contributed by atoms with van der Waals surface area (Å²) in [6, 6.07) is 5.31. The molecule has 2 aromatic rings. The van der Waals surface area contributed by atoms with E-state index in [1.54, 1.807) is 6.92 Å². The fourth-order valence-corrected chi connectivity index (χ4v) is 2.74. The molecule has 8 heteroatoms. The van der Waals surface area contributed by atoms with Crippen LogP contribution in [0.5, 0.6) is 0 Å². The van der Waals surface area contributed by atoms with E-state index in [2.05, 4.69) is 22.0 Å². The SMILES string of the molecule is CCCCn1c(C)cc(/C=C(\C#N)C(=O)OCC(=O)Nc2cc(C)on2)c1C. The number of aromatic nitrogens is 2. The van der Waals surface area contributed by atoms with Crippen LogP contribution in [0.3, 0.4) is 0 Å². The van der Waals surface area contributed by atoms with Crippen LogP contribution in [0, 0.1) is 32.1 Å². The number of nitriles is 1. The summed E-state index contributed by atoms with van der Waals surface area (Å²) < 4.78 is 11.9. The molecule has 8 nitrogen and oxygen atoms in total. The third kappa shape index (κ3) is 5.33. The van der Waals surface area contributed by atoms with Crippen LogP contribution >= 0.6 is 0 Å². The lowest BCUT2D eigenvalue weighted by molar-refractivity contribution is -0.142. The summed E-state index contributed by atoms with van der Waals surface area (Å²) >= 11 is 0. The van der Waals surface area contributed by atoms with E-state index in [0.29, 0.717) is 5.76 Å². The maximum Gasteiger partial charge on any atom is 0.349 e. The Morgan fingerprint density at radius 1 is 1.36 bits per heavy atom. The summed E-state index contributed by atoms with van der Waals surface area (Å²) in [6.07, 6.45) is 3.62. The molecule has 0 unspecified atom stereocenters. The van der Waals surface area contributed by atoms with Crippen molar-refractivity contribution in [3.8, 4) is 6.07 Å². The van der Waals surface area contributed by atoms with Gasteiger partial charge in [0.15, 0.2) is 12.4 Å². The lowest BCUT2D eigenvalue weighted by atomic mass is 10.1. The maximum atomic E-state index is 12.2. The van der Waals surface area contributed by atoms with Crippen LogP contribution in [-0.4, -0.2) is 28.2 Å². The molecule has 1 N–H and O–H groups in total. The van der Waals surface area contributed by atoms with E-state index in [4.69, 9.17) is 9.26 Å². The van der Waals surface area contributed by atoms with Gasteiger partial charge in [0.2, 0.25) is 0 Å². The van der Waals surface area contributed by atoms with Crippen molar-refractivity contribution in [3.05, 3.63) is 40.4 Å². The zero-order valence-corrected chi connectivity index (χ0v) is 16.5. The first-order chi connectivity index (χ1) is 13.3. The Morgan fingerprint density at radius 2 is 2.11 bits per heavy atom. The number of unbranched alkanes of at least 4 members (excludes halogenated alkanes) is 1. The number of esters is 1. The van der Waals surface area contributed by atoms with Crippen LogP contribution in [0.2, 0.25) is 0 Å². The number of anilines is 1. The molecule has 148 valence electrons. The first-order valence-corrected chi connectivity index (χ1v) is 9.04. The lowest BCUT2D eigenvalue weighted by Gasteiger charge is -2.08. The van der Waals surface area contributed by atoms with Crippen molar-refractivity contribution < 1.29 is 18.8 Å². The highest BCUT2D eigenvalue weighted by molar-refractivity contribution is 6.00. The Bertz CT molecular complexity index is 931. The summed E-state index contributed by atoms with van der Waals surface area (Å²) in [7, 11) is 0. The molecule has 2 heterocycles. The van der Waals surface area contributed by atoms with E-state index >= 15 is 0 Å². The predicted octanol–water partition coefficient (Wildman–Crippen LogP) is 3.29. The molecule has 0 saturated heterocycles. The minimum atomic E-state index is -0.854. The van der Waals surface area contributed by atoms with Gasteiger partial charge in [-0.3, -0.25) is 4.79 Å². The zero-order chi connectivity index (χ0) is 20.7. The Balaban J connectivity index is 2.03. The van der Waals surface area contributed by atoms with Crippen molar-refractivity contribution >= 4 is 23.8 Å². The summed E-state index contributed by atoms with van der Waals surface area (Å²) in [5.41, 5.74) is 2.65. The number of hydrogen-bond donors (Lipinski definition) is 1. The second-order valence-electron chi connectivity index (χ2n) is 6.45. The predicted molar refractivity (Wildman–Crippen MR) is 103 cm³/mol. The maximum absolute atomic E-state index is 12.2. The van der Waals surface area contributed by atoms with Crippen LogP contribution in [0.25, 0.3) is 6.08 Å². The Morgan fingerprint density at radius 3 is 2.71 bits per heavy atom. The molecule has 1 amide bonds. The molecule has 0 aliphatic rings. The number of rotatable bonds is 8. The summed E-state index contributed by atoms with van der Waals surface area (Å²) in [5, 5.41) is 15.4. The van der Waals surface area contributed by atoms with Crippen molar-refractivity contribution in [1.82, 2.24) is 9.72 Å². The molecule has 2 aromatic heterocycles. The molecule has 2 rings (SSSR count). The van der Waals surface area contributed by atoms with Gasteiger partial charge in [-0.05, 0) is 44.9 Å². The highest BCUT2D eigenvalue weighted by Gasteiger charge is 2.16. The largest absolute Gasteiger partial charge is 0.451 e. The van der Waals surface area contributed by atoms with E-state index < -0.39 is 18.5 Å². The third-order valence-electron chi connectivity index (χ3n) is 4.22. The standard InChI is InChI=1S/C20H24N4O4/c1-5-6-7-24-13(2)8-16(15(24)4)10-17(11-21)20(26)27-12-19(25)22-18-9-14(3)28-23-18/h8-10H,5-7,12H2,1-4H3,(H,22,23,25)/b17-10+. The van der Waals surface area contributed by atoms with Crippen molar-refractivity contribution in [2.45, 2.75) is 47.1 Å². The molecule has 0 aromatic carbocycles. The molecule has 28 heavy (non-hydrogen) atoms. The molecule has 0 aliphatic heterocycles. The van der Waals surface area contributed by atoms with Crippen molar-refractivity contribution in [1.29, 1.82) is 5.26 Å². The average Bonchev–Trinajstić information content (AvgIpc) is 3.18. The molecule has 0 bridgehead atoms. The smallest absolute Gasteiger partial charge is 0.349 e. The third-order valence-corrected chi connectivity index (χ3v) is 4.22. The highest BCUT2D eigenvalue weighted by Crippen LogP contribution is 2.19. The van der Waals surface area contributed by atoms with E-state index in [1.807, 2.05) is 26.0 Å². The lowest BCUT2D eigenvalue weighted by Crippen LogP contribution is -2.21. The number of carbonyl (C=O) groups excluding carboxylic acids is 2. The van der Waals surface area contributed by atoms with Gasteiger partial charge in [-0.2, -0.15) is 5.26 Å². The van der Waals surface area contributed by atoms with E-state index in [0.717, 1.165) is 36.3 Å². The van der Waals surface area contributed by atoms with Crippen LogP contribution in [0.1, 0.15) is 42.5 Å². The number of aryl methyl sites for hydroxylation is 2. The molecule has 0 aliphatic carbocycles. The fourth-order valence-electron chi connectivity index (χ4n) is 2.74. The second-order valence-corrected chi connectivity index (χ2v) is 6.45. The van der Waals surface area contributed by atoms with Gasteiger partial charge in [0.05, 0.1) is 0 Å². The topological polar surface area (TPSA) is 110 Å². The molecule has 0 fully saturated rings. The molecule has 0 saturated carbocycles. The highest BCUT2D eigenvalue weighted by atomic mass is 16.5. The van der Waals surface area contributed by atoms with Crippen LogP contribution in [0.15, 0.2) is 22.2 Å². The van der Waals surface area contributed by atoms with Gasteiger partial charge in [-0.15, -0.1) is 0 Å². The van der Waals surface area contributed by atoms with Crippen LogP contribution in [0.4, 0.5) is 5.82 Å². The number of hydrogen-bond acceptors (Lipinski definition) is 6. The Kier molecular flexibility index (Phi) is 7.15. The van der Waals surface area contributed by atoms with Gasteiger partial charge in [-0.25, -0.2) is 4.79 Å². The number of ether oxygens (including phenoxy) is 1. The average molecular weight is 384 g/mol. The van der Waals surface area contributed by atoms with Gasteiger partial charge < -0.3 is 19.1 Å². The number of carbonyl (C=O) groups is 2. The van der Waals surface area contributed by atoms with Gasteiger partial charge >= 0.3 is 5.97 Å². The minimum absolute atomic E-state index is 0.166.